The van der Waals surface area contributed by atoms with E-state index in [9.17, 15) is 4.79 Å². The van der Waals surface area contributed by atoms with Crippen LogP contribution in [0.15, 0.2) is 42.7 Å². The van der Waals surface area contributed by atoms with E-state index in [4.69, 9.17) is 0 Å². The Morgan fingerprint density at radius 1 is 1.26 bits per heavy atom. The Morgan fingerprint density at radius 2 is 2.09 bits per heavy atom. The van der Waals surface area contributed by atoms with Gasteiger partial charge in [0, 0.05) is 18.3 Å². The number of rotatable bonds is 2. The third-order valence-corrected chi connectivity index (χ3v) is 4.58. The molecule has 1 amide bonds. The average Bonchev–Trinajstić information content (AvgIpc) is 3.04. The lowest BCUT2D eigenvalue weighted by atomic mass is 9.88. The molecule has 0 aliphatic heterocycles. The van der Waals surface area contributed by atoms with Crippen molar-refractivity contribution in [2.45, 2.75) is 32.2 Å². The highest BCUT2D eigenvalue weighted by molar-refractivity contribution is 5.95. The van der Waals surface area contributed by atoms with Crippen LogP contribution in [0.5, 0.6) is 0 Å². The Balaban J connectivity index is 1.55. The van der Waals surface area contributed by atoms with Crippen molar-refractivity contribution in [2.24, 2.45) is 0 Å². The SMILES string of the molecule is Cc1c(C(=O)NC2CCc3ccccc3C2)cnc2ccnn12. The maximum Gasteiger partial charge on any atom is 0.254 e. The van der Waals surface area contributed by atoms with Crippen molar-refractivity contribution in [1.82, 2.24) is 19.9 Å². The lowest BCUT2D eigenvalue weighted by Crippen LogP contribution is -2.39. The van der Waals surface area contributed by atoms with Crippen molar-refractivity contribution in [3.63, 3.8) is 0 Å². The summed E-state index contributed by atoms with van der Waals surface area (Å²) in [6, 6.07) is 10.5. The molecular formula is C18H18N4O. The summed E-state index contributed by atoms with van der Waals surface area (Å²) in [7, 11) is 0. The molecule has 4 rings (SSSR count). The summed E-state index contributed by atoms with van der Waals surface area (Å²) in [6.45, 7) is 1.90. The molecule has 5 nitrogen and oxygen atoms in total. The van der Waals surface area contributed by atoms with E-state index < -0.39 is 0 Å². The van der Waals surface area contributed by atoms with Gasteiger partial charge in [-0.1, -0.05) is 24.3 Å². The quantitative estimate of drug-likeness (QED) is 0.790. The fourth-order valence-electron chi connectivity index (χ4n) is 3.30. The molecule has 1 unspecified atom stereocenters. The molecule has 1 atom stereocenters. The number of fused-ring (bicyclic) bond motifs is 2. The fraction of sp³-hybridized carbons (Fsp3) is 0.278. The summed E-state index contributed by atoms with van der Waals surface area (Å²) in [5.41, 5.74) is 4.88. The Morgan fingerprint density at radius 3 is 2.96 bits per heavy atom. The molecule has 0 fully saturated rings. The number of nitrogens with one attached hydrogen (secondary N) is 1. The van der Waals surface area contributed by atoms with Crippen LogP contribution < -0.4 is 5.32 Å². The topological polar surface area (TPSA) is 59.3 Å². The molecule has 2 aromatic heterocycles. The second kappa shape index (κ2) is 5.50. The predicted octanol–water partition coefficient (Wildman–Crippen LogP) is 2.33. The van der Waals surface area contributed by atoms with Crippen molar-refractivity contribution in [3.05, 3.63) is 65.1 Å². The van der Waals surface area contributed by atoms with Crippen molar-refractivity contribution in [2.75, 3.05) is 0 Å². The van der Waals surface area contributed by atoms with Gasteiger partial charge in [-0.25, -0.2) is 9.50 Å². The van der Waals surface area contributed by atoms with Crippen molar-refractivity contribution < 1.29 is 4.79 Å². The van der Waals surface area contributed by atoms with Gasteiger partial charge in [0.25, 0.3) is 5.91 Å². The minimum absolute atomic E-state index is 0.0724. The maximum atomic E-state index is 12.6. The fourth-order valence-corrected chi connectivity index (χ4v) is 3.30. The Bertz CT molecular complexity index is 884. The molecule has 1 aliphatic rings. The zero-order valence-electron chi connectivity index (χ0n) is 13.0. The van der Waals surface area contributed by atoms with Gasteiger partial charge in [-0.15, -0.1) is 0 Å². The van der Waals surface area contributed by atoms with E-state index >= 15 is 0 Å². The molecule has 1 aliphatic carbocycles. The van der Waals surface area contributed by atoms with Gasteiger partial charge in [-0.2, -0.15) is 5.10 Å². The lowest BCUT2D eigenvalue weighted by molar-refractivity contribution is 0.0932. The molecule has 1 N–H and O–H groups in total. The van der Waals surface area contributed by atoms with E-state index in [1.807, 2.05) is 13.0 Å². The first kappa shape index (κ1) is 13.9. The van der Waals surface area contributed by atoms with Crippen LogP contribution in [0.25, 0.3) is 5.65 Å². The molecule has 0 saturated carbocycles. The molecule has 0 saturated heterocycles. The van der Waals surface area contributed by atoms with Gasteiger partial charge in [0.05, 0.1) is 17.5 Å². The first-order valence-corrected chi connectivity index (χ1v) is 7.89. The highest BCUT2D eigenvalue weighted by Gasteiger charge is 2.21. The van der Waals surface area contributed by atoms with Crippen molar-refractivity contribution in [1.29, 1.82) is 0 Å². The average molecular weight is 306 g/mol. The van der Waals surface area contributed by atoms with Gasteiger partial charge in [-0.05, 0) is 37.3 Å². The number of aryl methyl sites for hydroxylation is 2. The van der Waals surface area contributed by atoms with Gasteiger partial charge >= 0.3 is 0 Å². The molecule has 0 bridgehead atoms. The van der Waals surface area contributed by atoms with Crippen molar-refractivity contribution >= 4 is 11.6 Å². The molecule has 5 heteroatoms. The monoisotopic (exact) mass is 306 g/mol. The lowest BCUT2D eigenvalue weighted by Gasteiger charge is -2.25. The summed E-state index contributed by atoms with van der Waals surface area (Å²) in [5.74, 6) is -0.0724. The number of carbonyl (C=O) groups is 1. The Labute approximate surface area is 134 Å². The second-order valence-electron chi connectivity index (χ2n) is 6.04. The van der Waals surface area contributed by atoms with Gasteiger partial charge in [0.2, 0.25) is 0 Å². The highest BCUT2D eigenvalue weighted by Crippen LogP contribution is 2.21. The van der Waals surface area contributed by atoms with E-state index in [-0.39, 0.29) is 11.9 Å². The molecular weight excluding hydrogens is 288 g/mol. The number of hydrogen-bond acceptors (Lipinski definition) is 3. The van der Waals surface area contributed by atoms with E-state index in [2.05, 4.69) is 39.7 Å². The standard InChI is InChI=1S/C18H18N4O/c1-12-16(11-19-17-8-9-20-22(12)17)18(23)21-15-7-6-13-4-2-3-5-14(13)10-15/h2-5,8-9,11,15H,6-7,10H2,1H3,(H,21,23). The van der Waals surface area contributed by atoms with Crippen LogP contribution in [0, 0.1) is 6.92 Å². The zero-order chi connectivity index (χ0) is 15.8. The van der Waals surface area contributed by atoms with E-state index in [1.165, 1.54) is 11.1 Å². The number of carbonyl (C=O) groups excluding carboxylic acids is 1. The van der Waals surface area contributed by atoms with Gasteiger partial charge in [0.15, 0.2) is 5.65 Å². The molecule has 0 spiro atoms. The van der Waals surface area contributed by atoms with Gasteiger partial charge < -0.3 is 5.32 Å². The number of amides is 1. The Kier molecular flexibility index (Phi) is 3.33. The number of aromatic nitrogens is 3. The van der Waals surface area contributed by atoms with E-state index in [1.54, 1.807) is 16.9 Å². The van der Waals surface area contributed by atoms with E-state index in [0.717, 1.165) is 30.6 Å². The van der Waals surface area contributed by atoms with Crippen LogP contribution in [0.2, 0.25) is 0 Å². The zero-order valence-corrected chi connectivity index (χ0v) is 13.0. The Hall–Kier alpha value is -2.69. The summed E-state index contributed by atoms with van der Waals surface area (Å²) in [4.78, 5) is 16.9. The third kappa shape index (κ3) is 2.48. The summed E-state index contributed by atoms with van der Waals surface area (Å²) < 4.78 is 1.70. The van der Waals surface area contributed by atoms with E-state index in [0.29, 0.717) is 5.56 Å². The largest absolute Gasteiger partial charge is 0.349 e. The predicted molar refractivity (Wildman–Crippen MR) is 87.4 cm³/mol. The number of hydrogen-bond donors (Lipinski definition) is 1. The molecule has 116 valence electrons. The molecule has 1 aromatic carbocycles. The van der Waals surface area contributed by atoms with Crippen LogP contribution in [0.1, 0.15) is 33.6 Å². The highest BCUT2D eigenvalue weighted by atomic mass is 16.1. The van der Waals surface area contributed by atoms with Crippen LogP contribution >= 0.6 is 0 Å². The normalized spacial score (nSPS) is 17.0. The number of nitrogens with zero attached hydrogens (tertiary/aromatic N) is 3. The van der Waals surface area contributed by atoms with Crippen LogP contribution in [-0.2, 0) is 12.8 Å². The molecule has 3 aromatic rings. The third-order valence-electron chi connectivity index (χ3n) is 4.58. The minimum atomic E-state index is -0.0724. The summed E-state index contributed by atoms with van der Waals surface area (Å²) >= 11 is 0. The molecule has 23 heavy (non-hydrogen) atoms. The molecule has 0 radical (unpaired) electrons. The first-order chi connectivity index (χ1) is 11.2. The van der Waals surface area contributed by atoms with Gasteiger partial charge in [-0.3, -0.25) is 4.79 Å². The van der Waals surface area contributed by atoms with Gasteiger partial charge in [0.1, 0.15) is 0 Å². The van der Waals surface area contributed by atoms with Crippen LogP contribution in [0.3, 0.4) is 0 Å². The summed E-state index contributed by atoms with van der Waals surface area (Å²) in [5, 5.41) is 7.37. The van der Waals surface area contributed by atoms with Crippen LogP contribution in [-0.4, -0.2) is 26.5 Å². The van der Waals surface area contributed by atoms with Crippen molar-refractivity contribution in [3.8, 4) is 0 Å². The minimum Gasteiger partial charge on any atom is -0.349 e. The smallest absolute Gasteiger partial charge is 0.254 e. The molecule has 2 heterocycles. The maximum absolute atomic E-state index is 12.6. The first-order valence-electron chi connectivity index (χ1n) is 7.89. The second-order valence-corrected chi connectivity index (χ2v) is 6.04. The number of benzene rings is 1. The summed E-state index contributed by atoms with van der Waals surface area (Å²) in [6.07, 6.45) is 6.20. The van der Waals surface area contributed by atoms with Crippen LogP contribution in [0.4, 0.5) is 0 Å².